The van der Waals surface area contributed by atoms with Crippen molar-refractivity contribution in [2.24, 2.45) is 0 Å². The van der Waals surface area contributed by atoms with Crippen LogP contribution in [0.15, 0.2) is 48.8 Å². The zero-order valence-electron chi connectivity index (χ0n) is 14.4. The monoisotopic (exact) mass is 326 g/mol. The van der Waals surface area contributed by atoms with E-state index >= 15 is 0 Å². The van der Waals surface area contributed by atoms with Gasteiger partial charge < -0.3 is 0 Å². The first kappa shape index (κ1) is 17.6. The van der Waals surface area contributed by atoms with Crippen LogP contribution >= 0.6 is 0 Å². The summed E-state index contributed by atoms with van der Waals surface area (Å²) in [6, 6.07) is 10.8. The molecule has 0 atom stereocenters. The highest BCUT2D eigenvalue weighted by Gasteiger charge is 2.35. The molecule has 126 valence electrons. The molecule has 2 aromatic rings. The minimum absolute atomic E-state index is 0.266. The van der Waals surface area contributed by atoms with E-state index in [4.69, 9.17) is 0 Å². The normalized spacial score (nSPS) is 11.0. The Labute approximate surface area is 142 Å². The molecule has 0 spiro atoms. The fourth-order valence-corrected chi connectivity index (χ4v) is 2.44. The minimum Gasteiger partial charge on any atom is -0.275 e. The number of anilines is 1. The molecule has 0 fully saturated rings. The SMILES string of the molecule is CC(=O)N(C(=O)N(Cc1ccccc1)c1ncccn1)C(C)(C)C. The van der Waals surface area contributed by atoms with Gasteiger partial charge in [0.15, 0.2) is 0 Å². The first-order chi connectivity index (χ1) is 11.3. The molecule has 0 unspecified atom stereocenters. The summed E-state index contributed by atoms with van der Waals surface area (Å²) in [6.45, 7) is 7.12. The van der Waals surface area contributed by atoms with E-state index in [-0.39, 0.29) is 18.4 Å². The summed E-state index contributed by atoms with van der Waals surface area (Å²) in [5.74, 6) is -0.0525. The number of carbonyl (C=O) groups excluding carboxylic acids is 2. The minimum atomic E-state index is -0.646. The molecule has 0 saturated heterocycles. The van der Waals surface area contributed by atoms with Gasteiger partial charge in [0.2, 0.25) is 11.9 Å². The van der Waals surface area contributed by atoms with Gasteiger partial charge in [0.25, 0.3) is 0 Å². The van der Waals surface area contributed by atoms with Crippen LogP contribution in [-0.2, 0) is 11.3 Å². The summed E-state index contributed by atoms with van der Waals surface area (Å²) in [4.78, 5) is 36.1. The van der Waals surface area contributed by atoms with Crippen LogP contribution in [-0.4, -0.2) is 32.3 Å². The number of hydrogen-bond donors (Lipinski definition) is 0. The van der Waals surface area contributed by atoms with Gasteiger partial charge >= 0.3 is 6.03 Å². The highest BCUT2D eigenvalue weighted by atomic mass is 16.2. The van der Waals surface area contributed by atoms with Crippen LogP contribution in [0.3, 0.4) is 0 Å². The maximum atomic E-state index is 13.1. The van der Waals surface area contributed by atoms with Crippen LogP contribution in [0.5, 0.6) is 0 Å². The van der Waals surface area contributed by atoms with E-state index in [9.17, 15) is 9.59 Å². The van der Waals surface area contributed by atoms with Gasteiger partial charge in [-0.1, -0.05) is 30.3 Å². The molecule has 0 aliphatic rings. The number of benzene rings is 1. The molecule has 1 heterocycles. The highest BCUT2D eigenvalue weighted by molar-refractivity contribution is 6.01. The second-order valence-corrected chi connectivity index (χ2v) is 6.43. The van der Waals surface area contributed by atoms with Crippen molar-refractivity contribution in [1.82, 2.24) is 14.9 Å². The number of hydrogen-bond acceptors (Lipinski definition) is 4. The van der Waals surface area contributed by atoms with Gasteiger partial charge in [-0.05, 0) is 32.4 Å². The Morgan fingerprint density at radius 1 is 1.00 bits per heavy atom. The van der Waals surface area contributed by atoms with Gasteiger partial charge in [0.05, 0.1) is 6.54 Å². The van der Waals surface area contributed by atoms with Crippen LogP contribution in [0.1, 0.15) is 33.3 Å². The molecule has 24 heavy (non-hydrogen) atoms. The molecular formula is C18H22N4O2. The van der Waals surface area contributed by atoms with Crippen molar-refractivity contribution in [1.29, 1.82) is 0 Å². The Morgan fingerprint density at radius 2 is 1.58 bits per heavy atom. The largest absolute Gasteiger partial charge is 0.334 e. The van der Waals surface area contributed by atoms with Gasteiger partial charge in [-0.3, -0.25) is 14.6 Å². The molecule has 2 rings (SSSR count). The maximum Gasteiger partial charge on any atom is 0.334 e. The van der Waals surface area contributed by atoms with Crippen molar-refractivity contribution >= 4 is 17.9 Å². The van der Waals surface area contributed by atoms with Crippen molar-refractivity contribution in [2.45, 2.75) is 39.8 Å². The van der Waals surface area contributed by atoms with Crippen LogP contribution in [0.25, 0.3) is 0 Å². The lowest BCUT2D eigenvalue weighted by molar-refractivity contribution is -0.129. The first-order valence-corrected chi connectivity index (χ1v) is 7.74. The van der Waals surface area contributed by atoms with E-state index in [2.05, 4.69) is 9.97 Å². The number of amides is 3. The third-order valence-electron chi connectivity index (χ3n) is 3.38. The molecule has 6 heteroatoms. The van der Waals surface area contributed by atoms with E-state index in [1.165, 1.54) is 16.7 Å². The van der Waals surface area contributed by atoms with E-state index in [1.54, 1.807) is 18.5 Å². The first-order valence-electron chi connectivity index (χ1n) is 7.74. The van der Waals surface area contributed by atoms with E-state index in [1.807, 2.05) is 51.1 Å². The van der Waals surface area contributed by atoms with Crippen molar-refractivity contribution in [3.8, 4) is 0 Å². The molecule has 3 amide bonds. The second kappa shape index (κ2) is 7.21. The van der Waals surface area contributed by atoms with Crippen LogP contribution in [0.2, 0.25) is 0 Å². The van der Waals surface area contributed by atoms with Gasteiger partial charge in [0, 0.05) is 24.9 Å². The van der Waals surface area contributed by atoms with Crippen LogP contribution in [0.4, 0.5) is 10.7 Å². The molecule has 6 nitrogen and oxygen atoms in total. The van der Waals surface area contributed by atoms with Crippen molar-refractivity contribution in [3.05, 3.63) is 54.4 Å². The summed E-state index contributed by atoms with van der Waals surface area (Å²) in [6.07, 6.45) is 3.14. The van der Waals surface area contributed by atoms with E-state index < -0.39 is 11.6 Å². The predicted molar refractivity (Wildman–Crippen MR) is 92.3 cm³/mol. The molecule has 0 bridgehead atoms. The summed E-state index contributed by atoms with van der Waals surface area (Å²) in [7, 11) is 0. The lowest BCUT2D eigenvalue weighted by atomic mass is 10.1. The van der Waals surface area contributed by atoms with E-state index in [0.717, 1.165) is 5.56 Å². The van der Waals surface area contributed by atoms with Crippen molar-refractivity contribution < 1.29 is 9.59 Å². The quantitative estimate of drug-likeness (QED) is 0.868. The molecule has 0 aliphatic heterocycles. The molecular weight excluding hydrogens is 304 g/mol. The highest BCUT2D eigenvalue weighted by Crippen LogP contribution is 2.20. The standard InChI is InChI=1S/C18H22N4O2/c1-14(23)22(18(2,3)4)17(24)21(16-19-11-8-12-20-16)13-15-9-6-5-7-10-15/h5-12H,13H2,1-4H3. The smallest absolute Gasteiger partial charge is 0.275 e. The average Bonchev–Trinajstić information content (AvgIpc) is 2.52. The topological polar surface area (TPSA) is 66.4 Å². The lowest BCUT2D eigenvalue weighted by Gasteiger charge is -2.36. The Kier molecular flexibility index (Phi) is 5.28. The third-order valence-corrected chi connectivity index (χ3v) is 3.38. The van der Waals surface area contributed by atoms with Gasteiger partial charge in [-0.25, -0.2) is 14.8 Å². The fourth-order valence-electron chi connectivity index (χ4n) is 2.44. The van der Waals surface area contributed by atoms with Crippen molar-refractivity contribution in [3.63, 3.8) is 0 Å². The van der Waals surface area contributed by atoms with Gasteiger partial charge in [0.1, 0.15) is 0 Å². The third kappa shape index (κ3) is 4.16. The number of rotatable bonds is 3. The summed E-state index contributed by atoms with van der Waals surface area (Å²) < 4.78 is 0. The van der Waals surface area contributed by atoms with Crippen molar-refractivity contribution in [2.75, 3.05) is 4.90 Å². The van der Waals surface area contributed by atoms with Crippen LogP contribution in [0, 0.1) is 0 Å². The Balaban J connectivity index is 2.42. The number of imide groups is 1. The Morgan fingerprint density at radius 3 is 2.08 bits per heavy atom. The molecule has 0 aliphatic carbocycles. The number of urea groups is 1. The zero-order valence-corrected chi connectivity index (χ0v) is 14.4. The maximum absolute atomic E-state index is 13.1. The molecule has 0 saturated carbocycles. The van der Waals surface area contributed by atoms with Gasteiger partial charge in [-0.15, -0.1) is 0 Å². The zero-order chi connectivity index (χ0) is 17.7. The molecule has 1 aromatic heterocycles. The van der Waals surface area contributed by atoms with Crippen LogP contribution < -0.4 is 4.90 Å². The molecule has 0 N–H and O–H groups in total. The number of nitrogens with zero attached hydrogens (tertiary/aromatic N) is 4. The molecule has 1 aromatic carbocycles. The Hall–Kier alpha value is -2.76. The fraction of sp³-hybridized carbons (Fsp3) is 0.333. The lowest BCUT2D eigenvalue weighted by Crippen LogP contribution is -2.54. The van der Waals surface area contributed by atoms with E-state index in [0.29, 0.717) is 0 Å². The number of aromatic nitrogens is 2. The predicted octanol–water partition coefficient (Wildman–Crippen LogP) is 3.25. The summed E-state index contributed by atoms with van der Waals surface area (Å²) in [5.41, 5.74) is 0.280. The molecule has 0 radical (unpaired) electrons. The summed E-state index contributed by atoms with van der Waals surface area (Å²) in [5, 5.41) is 0. The second-order valence-electron chi connectivity index (χ2n) is 6.43. The van der Waals surface area contributed by atoms with Gasteiger partial charge in [-0.2, -0.15) is 0 Å². The summed E-state index contributed by atoms with van der Waals surface area (Å²) >= 11 is 0. The average molecular weight is 326 g/mol. The Bertz CT molecular complexity index is 696. The number of carbonyl (C=O) groups is 2.